The highest BCUT2D eigenvalue weighted by Crippen LogP contribution is 2.24. The maximum Gasteiger partial charge on any atom is 0.238 e. The number of hydrogen-bond acceptors (Lipinski definition) is 3. The third-order valence-corrected chi connectivity index (χ3v) is 4.77. The Kier molecular flexibility index (Phi) is 6.16. The summed E-state index contributed by atoms with van der Waals surface area (Å²) in [5.41, 5.74) is 2.90. The van der Waals surface area contributed by atoms with Gasteiger partial charge in [0.1, 0.15) is 11.6 Å². The van der Waals surface area contributed by atoms with Gasteiger partial charge in [-0.2, -0.15) is 0 Å². The van der Waals surface area contributed by atoms with Crippen LogP contribution in [0.5, 0.6) is 0 Å². The Morgan fingerprint density at radius 1 is 1.20 bits per heavy atom. The molecule has 0 radical (unpaired) electrons. The van der Waals surface area contributed by atoms with Crippen molar-refractivity contribution in [2.75, 3.05) is 12.4 Å². The van der Waals surface area contributed by atoms with Crippen molar-refractivity contribution in [3.8, 4) is 11.3 Å². The van der Waals surface area contributed by atoms with E-state index in [0.29, 0.717) is 29.6 Å². The van der Waals surface area contributed by atoms with Crippen LogP contribution in [0.3, 0.4) is 0 Å². The van der Waals surface area contributed by atoms with E-state index < -0.39 is 0 Å². The average molecular weight is 379 g/mol. The highest BCUT2D eigenvalue weighted by molar-refractivity contribution is 6.30. The van der Waals surface area contributed by atoms with Gasteiger partial charge in [-0.05, 0) is 49.9 Å². The van der Waals surface area contributed by atoms with Crippen molar-refractivity contribution < 1.29 is 9.32 Å². The van der Waals surface area contributed by atoms with E-state index in [1.54, 1.807) is 17.0 Å². The minimum Gasteiger partial charge on any atom is -0.356 e. The van der Waals surface area contributed by atoms with Crippen LogP contribution in [0, 0.1) is 0 Å². The van der Waals surface area contributed by atoms with E-state index in [9.17, 15) is 4.79 Å². The first-order valence-corrected chi connectivity index (χ1v) is 9.30. The van der Waals surface area contributed by atoms with E-state index in [4.69, 9.17) is 27.7 Å². The fraction of sp³-hybridized carbons (Fsp3) is 0.368. The predicted octanol–water partition coefficient (Wildman–Crippen LogP) is 5.06. The molecule has 0 atom stereocenters. The van der Waals surface area contributed by atoms with Gasteiger partial charge in [-0.1, -0.05) is 28.4 Å². The zero-order chi connectivity index (χ0) is 17.6. The molecule has 4 nitrogen and oxygen atoms in total. The molecule has 1 aromatic carbocycles. The van der Waals surface area contributed by atoms with Gasteiger partial charge in [0, 0.05) is 23.2 Å². The first-order valence-electron chi connectivity index (χ1n) is 8.39. The number of alkyl halides is 1. The van der Waals surface area contributed by atoms with Crippen LogP contribution >= 0.6 is 23.2 Å². The van der Waals surface area contributed by atoms with Crippen LogP contribution in [0.2, 0.25) is 5.02 Å². The van der Waals surface area contributed by atoms with Gasteiger partial charge in [0.25, 0.3) is 0 Å². The van der Waals surface area contributed by atoms with Crippen molar-refractivity contribution in [3.63, 3.8) is 0 Å². The van der Waals surface area contributed by atoms with Crippen molar-refractivity contribution in [2.45, 2.75) is 32.2 Å². The molecule has 0 bridgehead atoms. The number of aromatic nitrogens is 1. The lowest BCUT2D eigenvalue weighted by atomic mass is 9.99. The van der Waals surface area contributed by atoms with Crippen LogP contribution in [0.25, 0.3) is 11.3 Å². The Labute approximate surface area is 157 Å². The smallest absolute Gasteiger partial charge is 0.238 e. The van der Waals surface area contributed by atoms with Gasteiger partial charge in [0.15, 0.2) is 5.76 Å². The lowest BCUT2D eigenvalue weighted by Crippen LogP contribution is -2.33. The highest BCUT2D eigenvalue weighted by atomic mass is 35.5. The molecule has 0 spiro atoms. The Bertz CT molecular complexity index is 753. The van der Waals surface area contributed by atoms with Crippen molar-refractivity contribution >= 4 is 29.1 Å². The molecule has 1 heterocycles. The Morgan fingerprint density at radius 3 is 2.68 bits per heavy atom. The molecule has 6 heteroatoms. The Hall–Kier alpha value is -1.78. The van der Waals surface area contributed by atoms with E-state index in [2.05, 4.69) is 11.2 Å². The number of carbonyl (C=O) groups is 1. The number of amides is 1. The van der Waals surface area contributed by atoms with Gasteiger partial charge in [-0.25, -0.2) is 0 Å². The van der Waals surface area contributed by atoms with E-state index in [-0.39, 0.29) is 11.8 Å². The minimum atomic E-state index is -0.0933. The molecule has 0 saturated heterocycles. The lowest BCUT2D eigenvalue weighted by molar-refractivity contribution is -0.128. The van der Waals surface area contributed by atoms with Gasteiger partial charge in [-0.15, -0.1) is 11.6 Å². The van der Waals surface area contributed by atoms with E-state index in [1.807, 2.05) is 18.2 Å². The first kappa shape index (κ1) is 18.0. The predicted molar refractivity (Wildman–Crippen MR) is 99.6 cm³/mol. The Balaban J connectivity index is 1.72. The molecule has 132 valence electrons. The number of allylic oxidation sites excluding steroid dienone is 1. The number of benzene rings is 1. The number of halogens is 2. The summed E-state index contributed by atoms with van der Waals surface area (Å²) in [6.45, 7) is 0.995. The molecule has 1 aliphatic carbocycles. The van der Waals surface area contributed by atoms with Gasteiger partial charge < -0.3 is 9.42 Å². The summed E-state index contributed by atoms with van der Waals surface area (Å²) in [6, 6.07) is 9.21. The second-order valence-corrected chi connectivity index (χ2v) is 6.88. The molecule has 0 fully saturated rings. The van der Waals surface area contributed by atoms with Crippen molar-refractivity contribution in [1.82, 2.24) is 10.1 Å². The van der Waals surface area contributed by atoms with Crippen LogP contribution < -0.4 is 0 Å². The minimum absolute atomic E-state index is 0.0326. The summed E-state index contributed by atoms with van der Waals surface area (Å²) in [6.07, 6.45) is 6.77. The molecule has 0 aliphatic heterocycles. The van der Waals surface area contributed by atoms with Crippen LogP contribution in [-0.4, -0.2) is 28.4 Å². The highest BCUT2D eigenvalue weighted by Gasteiger charge is 2.18. The Morgan fingerprint density at radius 2 is 2.00 bits per heavy atom. The second-order valence-electron chi connectivity index (χ2n) is 6.18. The zero-order valence-electron chi connectivity index (χ0n) is 13.9. The zero-order valence-corrected chi connectivity index (χ0v) is 15.4. The van der Waals surface area contributed by atoms with Gasteiger partial charge >= 0.3 is 0 Å². The van der Waals surface area contributed by atoms with Crippen LogP contribution in [-0.2, 0) is 11.3 Å². The van der Waals surface area contributed by atoms with Gasteiger partial charge in [0.2, 0.25) is 5.91 Å². The van der Waals surface area contributed by atoms with Crippen molar-refractivity contribution in [1.29, 1.82) is 0 Å². The molecule has 0 unspecified atom stereocenters. The molecule has 0 N–H and O–H groups in total. The fourth-order valence-electron chi connectivity index (χ4n) is 2.94. The summed E-state index contributed by atoms with van der Waals surface area (Å²) < 4.78 is 5.42. The molecule has 1 amide bonds. The number of carbonyl (C=O) groups excluding carboxylic acids is 1. The first-order chi connectivity index (χ1) is 12.2. The average Bonchev–Trinajstić information content (AvgIpc) is 3.10. The second kappa shape index (κ2) is 8.54. The summed E-state index contributed by atoms with van der Waals surface area (Å²) in [5, 5.41) is 4.77. The van der Waals surface area contributed by atoms with Gasteiger partial charge in [-0.3, -0.25) is 4.79 Å². The molecular weight excluding hydrogens is 359 g/mol. The normalized spacial score (nSPS) is 14.2. The molecule has 25 heavy (non-hydrogen) atoms. The van der Waals surface area contributed by atoms with Crippen LogP contribution in [0.1, 0.15) is 31.4 Å². The van der Waals surface area contributed by atoms with Crippen molar-refractivity contribution in [2.24, 2.45) is 0 Å². The maximum absolute atomic E-state index is 12.2. The lowest BCUT2D eigenvalue weighted by Gasteiger charge is -2.24. The van der Waals surface area contributed by atoms with Crippen LogP contribution in [0.15, 0.2) is 46.5 Å². The molecule has 1 aromatic heterocycles. The standard InChI is InChI=1S/C19H20Cl2N2O2/c20-11-19(24)23(12-14-4-2-1-3-5-14)13-17-10-18(25-22-17)15-6-8-16(21)9-7-15/h4,6-10H,1-3,5,11-13H2. The molecule has 3 rings (SSSR count). The third-order valence-electron chi connectivity index (χ3n) is 4.29. The van der Waals surface area contributed by atoms with Crippen molar-refractivity contribution in [3.05, 3.63) is 52.7 Å². The SMILES string of the molecule is O=C(CCl)N(CC1=CCCCC1)Cc1cc(-c2ccc(Cl)cc2)on1. The van der Waals surface area contributed by atoms with Crippen LogP contribution in [0.4, 0.5) is 0 Å². The number of rotatable bonds is 6. The topological polar surface area (TPSA) is 46.3 Å². The maximum atomic E-state index is 12.2. The quantitative estimate of drug-likeness (QED) is 0.521. The molecule has 0 saturated carbocycles. The molecular formula is C19H20Cl2N2O2. The third kappa shape index (κ3) is 4.86. The largest absolute Gasteiger partial charge is 0.356 e. The van der Waals surface area contributed by atoms with E-state index in [1.165, 1.54) is 18.4 Å². The molecule has 2 aromatic rings. The summed E-state index contributed by atoms with van der Waals surface area (Å²) in [4.78, 5) is 13.9. The number of nitrogens with zero attached hydrogens (tertiary/aromatic N) is 2. The van der Waals surface area contributed by atoms with E-state index in [0.717, 1.165) is 18.4 Å². The monoisotopic (exact) mass is 378 g/mol. The summed E-state index contributed by atoms with van der Waals surface area (Å²) in [5.74, 6) is 0.529. The summed E-state index contributed by atoms with van der Waals surface area (Å²) >= 11 is 11.7. The number of hydrogen-bond donors (Lipinski definition) is 0. The van der Waals surface area contributed by atoms with Gasteiger partial charge in [0.05, 0.1) is 6.54 Å². The molecule has 1 aliphatic rings. The fourth-order valence-corrected chi connectivity index (χ4v) is 3.24. The van der Waals surface area contributed by atoms with E-state index >= 15 is 0 Å². The summed E-state index contributed by atoms with van der Waals surface area (Å²) in [7, 11) is 0.